The Morgan fingerprint density at radius 1 is 1.47 bits per heavy atom. The van der Waals surface area contributed by atoms with E-state index in [1.54, 1.807) is 23.9 Å². The molecule has 0 unspecified atom stereocenters. The maximum absolute atomic E-state index is 12.2. The van der Waals surface area contributed by atoms with Gasteiger partial charge in [-0.2, -0.15) is 0 Å². The van der Waals surface area contributed by atoms with Crippen LogP contribution in [0.15, 0.2) is 12.3 Å². The molecule has 0 aromatic carbocycles. The molecule has 3 N–H and O–H groups in total. The van der Waals surface area contributed by atoms with E-state index in [0.29, 0.717) is 17.9 Å². The second-order valence-electron chi connectivity index (χ2n) is 4.83. The van der Waals surface area contributed by atoms with Crippen LogP contribution in [0.5, 0.6) is 0 Å². The molecule has 106 valence electrons. The van der Waals surface area contributed by atoms with Gasteiger partial charge in [0, 0.05) is 25.8 Å². The van der Waals surface area contributed by atoms with Crippen molar-refractivity contribution >= 4 is 17.5 Å². The lowest BCUT2D eigenvalue weighted by atomic mass is 10.3. The number of rotatable bonds is 5. The van der Waals surface area contributed by atoms with E-state index in [0.717, 1.165) is 0 Å². The number of aromatic nitrogens is 1. The fourth-order valence-electron chi connectivity index (χ4n) is 1.82. The van der Waals surface area contributed by atoms with Crippen LogP contribution in [-0.4, -0.2) is 40.9 Å². The third-order valence-corrected chi connectivity index (χ3v) is 2.65. The van der Waals surface area contributed by atoms with Crippen molar-refractivity contribution in [3.05, 3.63) is 18.0 Å². The quantitative estimate of drug-likeness (QED) is 0.822. The minimum absolute atomic E-state index is 0.0335. The highest BCUT2D eigenvalue weighted by atomic mass is 16.2. The number of nitrogens with one attached hydrogen (secondary N) is 1. The highest BCUT2D eigenvalue weighted by molar-refractivity contribution is 5.96. The van der Waals surface area contributed by atoms with Gasteiger partial charge in [0.2, 0.25) is 5.91 Å². The number of hydrogen-bond acceptors (Lipinski definition) is 3. The monoisotopic (exact) mass is 266 g/mol. The number of carbonyl (C=O) groups is 2. The Morgan fingerprint density at radius 3 is 2.63 bits per heavy atom. The molecule has 0 saturated carbocycles. The molecule has 0 spiro atoms. The van der Waals surface area contributed by atoms with Gasteiger partial charge in [-0.05, 0) is 26.8 Å². The summed E-state index contributed by atoms with van der Waals surface area (Å²) in [5, 5.41) is 2.75. The fourth-order valence-corrected chi connectivity index (χ4v) is 1.82. The van der Waals surface area contributed by atoms with E-state index in [-0.39, 0.29) is 24.4 Å². The zero-order valence-electron chi connectivity index (χ0n) is 11.9. The topological polar surface area (TPSA) is 80.4 Å². The summed E-state index contributed by atoms with van der Waals surface area (Å²) in [6, 6.07) is 1.69. The van der Waals surface area contributed by atoms with Gasteiger partial charge in [0.05, 0.1) is 12.2 Å². The number of carbonyl (C=O) groups excluding carboxylic acids is 2. The molecule has 2 amide bonds. The van der Waals surface area contributed by atoms with Gasteiger partial charge in [-0.15, -0.1) is 0 Å². The average molecular weight is 266 g/mol. The fraction of sp³-hybridized carbons (Fsp3) is 0.538. The standard InChI is InChI=1S/C13H22N4O2/c1-5-17-7-10(14)6-11(17)13(19)16(4)8-12(18)15-9(2)3/h6-7,9H,5,8,14H2,1-4H3,(H,15,18). The predicted molar refractivity (Wildman–Crippen MR) is 74.8 cm³/mol. The first kappa shape index (κ1) is 15.1. The summed E-state index contributed by atoms with van der Waals surface area (Å²) in [4.78, 5) is 25.2. The first-order valence-electron chi connectivity index (χ1n) is 6.35. The van der Waals surface area contributed by atoms with E-state index >= 15 is 0 Å². The van der Waals surface area contributed by atoms with Crippen LogP contribution in [0.4, 0.5) is 5.69 Å². The molecule has 1 heterocycles. The molecule has 19 heavy (non-hydrogen) atoms. The van der Waals surface area contributed by atoms with Gasteiger partial charge in [0.15, 0.2) is 0 Å². The molecular weight excluding hydrogens is 244 g/mol. The minimum atomic E-state index is -0.211. The summed E-state index contributed by atoms with van der Waals surface area (Å²) < 4.78 is 1.77. The van der Waals surface area contributed by atoms with E-state index in [4.69, 9.17) is 5.73 Å². The van der Waals surface area contributed by atoms with Crippen molar-refractivity contribution in [3.8, 4) is 0 Å². The van der Waals surface area contributed by atoms with Crippen LogP contribution < -0.4 is 11.1 Å². The third-order valence-electron chi connectivity index (χ3n) is 2.65. The van der Waals surface area contributed by atoms with Crippen molar-refractivity contribution in [2.24, 2.45) is 0 Å². The Labute approximate surface area is 113 Å². The van der Waals surface area contributed by atoms with Crippen LogP contribution >= 0.6 is 0 Å². The Morgan fingerprint density at radius 2 is 2.11 bits per heavy atom. The number of nitrogens with two attached hydrogens (primary N) is 1. The molecule has 1 aromatic heterocycles. The van der Waals surface area contributed by atoms with Gasteiger partial charge >= 0.3 is 0 Å². The van der Waals surface area contributed by atoms with Gasteiger partial charge in [-0.25, -0.2) is 0 Å². The van der Waals surface area contributed by atoms with Crippen molar-refractivity contribution in [2.75, 3.05) is 19.3 Å². The Bertz CT molecular complexity index is 465. The van der Waals surface area contributed by atoms with Gasteiger partial charge < -0.3 is 20.5 Å². The molecule has 0 saturated heterocycles. The van der Waals surface area contributed by atoms with Gasteiger partial charge in [-0.3, -0.25) is 9.59 Å². The van der Waals surface area contributed by atoms with Crippen molar-refractivity contribution in [2.45, 2.75) is 33.4 Å². The van der Waals surface area contributed by atoms with Gasteiger partial charge in [0.1, 0.15) is 5.69 Å². The van der Waals surface area contributed by atoms with Crippen LogP contribution in [-0.2, 0) is 11.3 Å². The third kappa shape index (κ3) is 4.01. The van der Waals surface area contributed by atoms with Crippen LogP contribution in [0.3, 0.4) is 0 Å². The van der Waals surface area contributed by atoms with Crippen molar-refractivity contribution in [3.63, 3.8) is 0 Å². The number of nitrogens with zero attached hydrogens (tertiary/aromatic N) is 2. The van der Waals surface area contributed by atoms with E-state index in [2.05, 4.69) is 5.32 Å². The molecule has 0 atom stereocenters. The maximum atomic E-state index is 12.2. The normalized spacial score (nSPS) is 10.6. The van der Waals surface area contributed by atoms with Crippen molar-refractivity contribution in [1.29, 1.82) is 0 Å². The lowest BCUT2D eigenvalue weighted by molar-refractivity contribution is -0.122. The summed E-state index contributed by atoms with van der Waals surface area (Å²) in [7, 11) is 1.60. The number of amides is 2. The first-order chi connectivity index (χ1) is 8.85. The zero-order chi connectivity index (χ0) is 14.6. The highest BCUT2D eigenvalue weighted by Crippen LogP contribution is 2.12. The molecular formula is C13H22N4O2. The highest BCUT2D eigenvalue weighted by Gasteiger charge is 2.18. The largest absolute Gasteiger partial charge is 0.397 e. The summed E-state index contributed by atoms with van der Waals surface area (Å²) >= 11 is 0. The van der Waals surface area contributed by atoms with Crippen LogP contribution in [0.2, 0.25) is 0 Å². The lowest BCUT2D eigenvalue weighted by Gasteiger charge is -2.18. The lowest BCUT2D eigenvalue weighted by Crippen LogP contribution is -2.41. The number of likely N-dealkylation sites (N-methyl/N-ethyl adjacent to an activating group) is 1. The number of anilines is 1. The van der Waals surface area contributed by atoms with Gasteiger partial charge in [-0.1, -0.05) is 0 Å². The van der Waals surface area contributed by atoms with E-state index in [1.807, 2.05) is 20.8 Å². The second-order valence-corrected chi connectivity index (χ2v) is 4.83. The average Bonchev–Trinajstić information content (AvgIpc) is 2.68. The van der Waals surface area contributed by atoms with Crippen LogP contribution in [0, 0.1) is 0 Å². The second kappa shape index (κ2) is 6.26. The summed E-state index contributed by atoms with van der Waals surface area (Å²) in [6.45, 7) is 6.38. The molecule has 1 aromatic rings. The molecule has 0 aliphatic rings. The number of aryl methyl sites for hydroxylation is 1. The molecule has 6 heteroatoms. The zero-order valence-corrected chi connectivity index (χ0v) is 11.9. The Kier molecular flexibility index (Phi) is 4.97. The van der Waals surface area contributed by atoms with Crippen LogP contribution in [0.25, 0.3) is 0 Å². The molecule has 0 radical (unpaired) electrons. The summed E-state index contributed by atoms with van der Waals surface area (Å²) in [6.07, 6.45) is 1.72. The summed E-state index contributed by atoms with van der Waals surface area (Å²) in [5.41, 5.74) is 6.74. The Balaban J connectivity index is 2.73. The van der Waals surface area contributed by atoms with Crippen molar-refractivity contribution in [1.82, 2.24) is 14.8 Å². The molecule has 0 bridgehead atoms. The van der Waals surface area contributed by atoms with Crippen molar-refractivity contribution < 1.29 is 9.59 Å². The number of nitrogen functional groups attached to an aromatic ring is 1. The van der Waals surface area contributed by atoms with Gasteiger partial charge in [0.25, 0.3) is 5.91 Å². The molecule has 6 nitrogen and oxygen atoms in total. The minimum Gasteiger partial charge on any atom is -0.397 e. The molecule has 0 fully saturated rings. The molecule has 0 aliphatic heterocycles. The smallest absolute Gasteiger partial charge is 0.270 e. The summed E-state index contributed by atoms with van der Waals surface area (Å²) in [5.74, 6) is -0.383. The first-order valence-corrected chi connectivity index (χ1v) is 6.35. The Hall–Kier alpha value is -1.98. The molecule has 1 rings (SSSR count). The van der Waals surface area contributed by atoms with E-state index < -0.39 is 0 Å². The predicted octanol–water partition coefficient (Wildman–Crippen LogP) is 0.687. The van der Waals surface area contributed by atoms with Crippen LogP contribution in [0.1, 0.15) is 31.3 Å². The van der Waals surface area contributed by atoms with E-state index in [1.165, 1.54) is 4.90 Å². The number of hydrogen-bond donors (Lipinski definition) is 2. The van der Waals surface area contributed by atoms with E-state index in [9.17, 15) is 9.59 Å². The maximum Gasteiger partial charge on any atom is 0.270 e. The SMILES string of the molecule is CCn1cc(N)cc1C(=O)N(C)CC(=O)NC(C)C. The molecule has 0 aliphatic carbocycles.